The maximum Gasteiger partial charge on any atom is 0.353 e. The molecule has 0 saturated carbocycles. The molecule has 0 saturated heterocycles. The molecule has 0 aliphatic carbocycles. The number of rotatable bonds is 4. The molecule has 2 aromatic rings. The number of hydrogen-bond acceptors (Lipinski definition) is 4. The second-order valence-electron chi connectivity index (χ2n) is 5.12. The molecular weight excluding hydrogens is 322 g/mol. The van der Waals surface area contributed by atoms with Gasteiger partial charge in [0.25, 0.3) is 0 Å². The highest BCUT2D eigenvalue weighted by atomic mass is 32.2. The summed E-state index contributed by atoms with van der Waals surface area (Å²) in [5.74, 6) is -3.35. The maximum atomic E-state index is 14.0. The van der Waals surface area contributed by atoms with Gasteiger partial charge in [0, 0.05) is 23.9 Å². The lowest BCUT2D eigenvalue weighted by Crippen LogP contribution is -2.31. The molecule has 1 aliphatic heterocycles. The number of nitrogens with zero attached hydrogens (tertiary/aromatic N) is 2. The minimum absolute atomic E-state index is 0.0220. The highest BCUT2D eigenvalue weighted by Gasteiger charge is 2.52. The van der Waals surface area contributed by atoms with Crippen LogP contribution in [-0.4, -0.2) is 25.0 Å². The van der Waals surface area contributed by atoms with E-state index in [0.29, 0.717) is 10.6 Å². The Morgan fingerprint density at radius 3 is 2.65 bits per heavy atom. The van der Waals surface area contributed by atoms with Crippen molar-refractivity contribution in [3.05, 3.63) is 47.7 Å². The van der Waals surface area contributed by atoms with Gasteiger partial charge in [0.2, 0.25) is 0 Å². The minimum atomic E-state index is -3.51. The van der Waals surface area contributed by atoms with Gasteiger partial charge in [-0.15, -0.1) is 11.8 Å². The number of halogens is 2. The number of anilines is 1. The Bertz CT molecular complexity index is 750. The predicted octanol–water partition coefficient (Wildman–Crippen LogP) is 3.45. The molecule has 1 aromatic carbocycles. The first-order valence-electron chi connectivity index (χ1n) is 6.85. The number of hydrogen-bond donors (Lipinski definition) is 0. The van der Waals surface area contributed by atoms with Crippen molar-refractivity contribution >= 4 is 23.5 Å². The average molecular weight is 336 g/mol. The summed E-state index contributed by atoms with van der Waals surface area (Å²) in [5.41, 5.74) is 0.709. The van der Waals surface area contributed by atoms with Crippen molar-refractivity contribution in [2.24, 2.45) is 0 Å². The molecule has 0 unspecified atom stereocenters. The van der Waals surface area contributed by atoms with Gasteiger partial charge in [0.05, 0.1) is 12.7 Å². The molecule has 0 bridgehead atoms. The molecule has 0 radical (unpaired) electrons. The standard InChI is InChI=1S/C16H14F2N2O2S/c1-20-14-13(16(17,18)15(20)21)7-12(8-19-14)23-9-10-3-5-11(22-2)6-4-10/h3-8H,9H2,1-2H3. The molecule has 1 aliphatic rings. The lowest BCUT2D eigenvalue weighted by atomic mass is 10.2. The first-order chi connectivity index (χ1) is 10.9. The van der Waals surface area contributed by atoms with Crippen LogP contribution in [0.4, 0.5) is 14.6 Å². The first-order valence-corrected chi connectivity index (χ1v) is 7.84. The Labute approximate surface area is 136 Å². The fourth-order valence-electron chi connectivity index (χ4n) is 2.33. The van der Waals surface area contributed by atoms with Gasteiger partial charge in [-0.1, -0.05) is 12.1 Å². The predicted molar refractivity (Wildman–Crippen MR) is 84.1 cm³/mol. The van der Waals surface area contributed by atoms with Gasteiger partial charge in [-0.2, -0.15) is 8.78 Å². The van der Waals surface area contributed by atoms with Crippen LogP contribution in [-0.2, 0) is 16.5 Å². The van der Waals surface area contributed by atoms with Crippen molar-refractivity contribution in [1.29, 1.82) is 0 Å². The summed E-state index contributed by atoms with van der Waals surface area (Å²) in [6.45, 7) is 0. The number of alkyl halides is 2. The highest BCUT2D eigenvalue weighted by Crippen LogP contribution is 2.43. The number of likely N-dealkylation sites (N-methyl/N-ethyl adjacent to an activating group) is 1. The molecule has 0 fully saturated rings. The molecule has 7 heteroatoms. The maximum absolute atomic E-state index is 14.0. The Balaban J connectivity index is 1.78. The summed E-state index contributed by atoms with van der Waals surface area (Å²) >= 11 is 1.39. The number of aromatic nitrogens is 1. The third kappa shape index (κ3) is 2.76. The van der Waals surface area contributed by atoms with Gasteiger partial charge >= 0.3 is 11.8 Å². The van der Waals surface area contributed by atoms with Crippen molar-refractivity contribution in [3.8, 4) is 5.75 Å². The summed E-state index contributed by atoms with van der Waals surface area (Å²) in [5, 5.41) is 0. The van der Waals surface area contributed by atoms with Crippen LogP contribution in [0.3, 0.4) is 0 Å². The summed E-state index contributed by atoms with van der Waals surface area (Å²) in [7, 11) is 2.90. The van der Waals surface area contributed by atoms with Crippen molar-refractivity contribution in [2.75, 3.05) is 19.1 Å². The van der Waals surface area contributed by atoms with Gasteiger partial charge in [-0.25, -0.2) is 4.98 Å². The number of carbonyl (C=O) groups excluding carboxylic acids is 1. The Morgan fingerprint density at radius 2 is 2.00 bits per heavy atom. The molecule has 3 rings (SSSR count). The van der Waals surface area contributed by atoms with Crippen molar-refractivity contribution in [2.45, 2.75) is 16.6 Å². The molecule has 0 atom stereocenters. The summed E-state index contributed by atoms with van der Waals surface area (Å²) in [6, 6.07) is 8.87. The van der Waals surface area contributed by atoms with Crippen molar-refractivity contribution in [3.63, 3.8) is 0 Å². The van der Waals surface area contributed by atoms with Crippen LogP contribution in [0.5, 0.6) is 5.75 Å². The quantitative estimate of drug-likeness (QED) is 0.802. The van der Waals surface area contributed by atoms with E-state index in [1.807, 2.05) is 24.3 Å². The zero-order chi connectivity index (χ0) is 16.6. The Morgan fingerprint density at radius 1 is 1.30 bits per heavy atom. The molecule has 0 N–H and O–H groups in total. The monoisotopic (exact) mass is 336 g/mol. The fourth-order valence-corrected chi connectivity index (χ4v) is 3.18. The van der Waals surface area contributed by atoms with Gasteiger partial charge < -0.3 is 4.74 Å². The average Bonchev–Trinajstić information content (AvgIpc) is 2.74. The molecule has 1 amide bonds. The minimum Gasteiger partial charge on any atom is -0.497 e. The number of amides is 1. The molecule has 23 heavy (non-hydrogen) atoms. The fraction of sp³-hybridized carbons (Fsp3) is 0.250. The topological polar surface area (TPSA) is 42.4 Å². The Hall–Kier alpha value is -2.15. The molecule has 0 spiro atoms. The van der Waals surface area contributed by atoms with Crippen LogP contribution < -0.4 is 9.64 Å². The first kappa shape index (κ1) is 15.7. The van der Waals surface area contributed by atoms with Crippen molar-refractivity contribution in [1.82, 2.24) is 4.98 Å². The smallest absolute Gasteiger partial charge is 0.353 e. The number of fused-ring (bicyclic) bond motifs is 1. The Kier molecular flexibility index (Phi) is 3.97. The number of methoxy groups -OCH3 is 1. The van der Waals surface area contributed by atoms with E-state index in [1.54, 1.807) is 7.11 Å². The number of benzene rings is 1. The second kappa shape index (κ2) is 5.81. The normalized spacial score (nSPS) is 15.7. The zero-order valence-corrected chi connectivity index (χ0v) is 13.4. The van der Waals surface area contributed by atoms with E-state index < -0.39 is 11.8 Å². The summed E-state index contributed by atoms with van der Waals surface area (Å²) in [4.78, 5) is 17.1. The second-order valence-corrected chi connectivity index (χ2v) is 6.17. The summed E-state index contributed by atoms with van der Waals surface area (Å²) in [6.07, 6.45) is 1.51. The third-order valence-electron chi connectivity index (χ3n) is 3.64. The van der Waals surface area contributed by atoms with Gasteiger partial charge in [-0.05, 0) is 23.8 Å². The van der Waals surface area contributed by atoms with Crippen LogP contribution >= 0.6 is 11.8 Å². The van der Waals surface area contributed by atoms with Gasteiger partial charge in [0.1, 0.15) is 11.6 Å². The molecule has 2 heterocycles. The van der Waals surface area contributed by atoms with E-state index in [0.717, 1.165) is 16.2 Å². The molecule has 4 nitrogen and oxygen atoms in total. The van der Waals surface area contributed by atoms with E-state index in [9.17, 15) is 13.6 Å². The van der Waals surface area contributed by atoms with Crippen LogP contribution in [0.15, 0.2) is 41.4 Å². The number of carbonyl (C=O) groups is 1. The SMILES string of the molecule is COc1ccc(CSc2cnc3c(c2)C(F)(F)C(=O)N3C)cc1. The van der Waals surface area contributed by atoms with E-state index in [2.05, 4.69) is 4.98 Å². The van der Waals surface area contributed by atoms with Crippen LogP contribution in [0.25, 0.3) is 0 Å². The number of ether oxygens (including phenoxy) is 1. The molecular formula is C16H14F2N2O2S. The zero-order valence-electron chi connectivity index (χ0n) is 12.5. The lowest BCUT2D eigenvalue weighted by molar-refractivity contribution is -0.141. The number of thioether (sulfide) groups is 1. The van der Waals surface area contributed by atoms with E-state index in [-0.39, 0.29) is 11.4 Å². The van der Waals surface area contributed by atoms with Crippen LogP contribution in [0.2, 0.25) is 0 Å². The van der Waals surface area contributed by atoms with E-state index in [1.165, 1.54) is 31.1 Å². The molecule has 1 aromatic heterocycles. The van der Waals surface area contributed by atoms with Crippen molar-refractivity contribution < 1.29 is 18.3 Å². The third-order valence-corrected chi connectivity index (χ3v) is 4.67. The lowest BCUT2D eigenvalue weighted by Gasteiger charge is -2.08. The van der Waals surface area contributed by atoms with E-state index >= 15 is 0 Å². The van der Waals surface area contributed by atoms with Gasteiger partial charge in [-0.3, -0.25) is 9.69 Å². The van der Waals surface area contributed by atoms with Gasteiger partial charge in [0.15, 0.2) is 0 Å². The molecule has 120 valence electrons. The highest BCUT2D eigenvalue weighted by molar-refractivity contribution is 7.98. The number of pyridine rings is 1. The largest absolute Gasteiger partial charge is 0.497 e. The van der Waals surface area contributed by atoms with Crippen LogP contribution in [0, 0.1) is 0 Å². The van der Waals surface area contributed by atoms with E-state index in [4.69, 9.17) is 4.74 Å². The van der Waals surface area contributed by atoms with Crippen LogP contribution in [0.1, 0.15) is 11.1 Å². The summed E-state index contributed by atoms with van der Waals surface area (Å²) < 4.78 is 33.0.